The van der Waals surface area contributed by atoms with Crippen LogP contribution in [0.3, 0.4) is 0 Å². The molecule has 7 heteroatoms. The second-order valence-electron chi connectivity index (χ2n) is 7.89. The summed E-state index contributed by atoms with van der Waals surface area (Å²) in [5.41, 5.74) is 1.33. The van der Waals surface area contributed by atoms with Gasteiger partial charge in [0.2, 0.25) is 0 Å². The molecule has 3 aromatic rings. The largest absolute Gasteiger partial charge is 0.336 e. The molecule has 32 heavy (non-hydrogen) atoms. The summed E-state index contributed by atoms with van der Waals surface area (Å²) >= 11 is 0. The first kappa shape index (κ1) is 22.0. The zero-order valence-corrected chi connectivity index (χ0v) is 17.5. The van der Waals surface area contributed by atoms with Gasteiger partial charge in [0.1, 0.15) is 28.8 Å². The lowest BCUT2D eigenvalue weighted by molar-refractivity contribution is 0.0588. The molecule has 0 spiro atoms. The number of nitrogens with zero attached hydrogens (tertiary/aromatic N) is 2. The fourth-order valence-corrected chi connectivity index (χ4v) is 4.10. The molecule has 0 unspecified atom stereocenters. The Bertz CT molecular complexity index is 1060. The zero-order valence-electron chi connectivity index (χ0n) is 17.5. The molecule has 1 fully saturated rings. The van der Waals surface area contributed by atoms with Gasteiger partial charge in [-0.05, 0) is 53.9 Å². The highest BCUT2D eigenvalue weighted by Crippen LogP contribution is 2.30. The minimum Gasteiger partial charge on any atom is -0.336 e. The van der Waals surface area contributed by atoms with E-state index in [1.165, 1.54) is 42.2 Å². The number of amides is 1. The predicted octanol–water partition coefficient (Wildman–Crippen LogP) is 5.10. The van der Waals surface area contributed by atoms with Crippen LogP contribution in [0.2, 0.25) is 0 Å². The van der Waals surface area contributed by atoms with Crippen LogP contribution in [0, 0.1) is 30.2 Å². The second-order valence-corrected chi connectivity index (χ2v) is 7.89. The molecule has 166 valence electrons. The van der Waals surface area contributed by atoms with Gasteiger partial charge in [0.05, 0.1) is 6.04 Å². The summed E-state index contributed by atoms with van der Waals surface area (Å²) in [5.74, 6) is -3.11. The van der Waals surface area contributed by atoms with E-state index in [2.05, 4.69) is 4.90 Å². The normalized spacial score (nSPS) is 14.8. The number of carbonyl (C=O) groups is 1. The van der Waals surface area contributed by atoms with Crippen molar-refractivity contribution in [3.8, 4) is 0 Å². The van der Waals surface area contributed by atoms with Crippen molar-refractivity contribution < 1.29 is 22.4 Å². The number of benzene rings is 3. The van der Waals surface area contributed by atoms with Gasteiger partial charge in [0.15, 0.2) is 0 Å². The van der Waals surface area contributed by atoms with Gasteiger partial charge in [-0.2, -0.15) is 0 Å². The van der Waals surface area contributed by atoms with Gasteiger partial charge in [-0.25, -0.2) is 17.6 Å². The molecule has 0 saturated carbocycles. The van der Waals surface area contributed by atoms with Crippen LogP contribution in [0.1, 0.15) is 33.1 Å². The maximum atomic E-state index is 14.4. The first-order chi connectivity index (χ1) is 15.3. The summed E-state index contributed by atoms with van der Waals surface area (Å²) in [4.78, 5) is 16.4. The smallest absolute Gasteiger partial charge is 0.259 e. The van der Waals surface area contributed by atoms with Crippen molar-refractivity contribution >= 4 is 5.91 Å². The highest BCUT2D eigenvalue weighted by atomic mass is 19.1. The van der Waals surface area contributed by atoms with Crippen molar-refractivity contribution in [2.24, 2.45) is 0 Å². The molecule has 1 heterocycles. The second kappa shape index (κ2) is 9.12. The number of carbonyl (C=O) groups excluding carboxylic acids is 1. The third-order valence-electron chi connectivity index (χ3n) is 5.84. The van der Waals surface area contributed by atoms with Crippen molar-refractivity contribution in [2.75, 3.05) is 26.2 Å². The van der Waals surface area contributed by atoms with Crippen molar-refractivity contribution in [2.45, 2.75) is 13.0 Å². The predicted molar refractivity (Wildman–Crippen MR) is 113 cm³/mol. The van der Waals surface area contributed by atoms with Crippen molar-refractivity contribution in [3.63, 3.8) is 0 Å². The third-order valence-corrected chi connectivity index (χ3v) is 5.84. The van der Waals surface area contributed by atoms with Crippen LogP contribution in [0.25, 0.3) is 0 Å². The molecule has 3 aromatic carbocycles. The van der Waals surface area contributed by atoms with E-state index in [-0.39, 0.29) is 36.3 Å². The molecule has 0 aliphatic carbocycles. The molecular weight excluding hydrogens is 420 g/mol. The van der Waals surface area contributed by atoms with E-state index in [1.807, 2.05) is 0 Å². The van der Waals surface area contributed by atoms with Gasteiger partial charge in [-0.15, -0.1) is 0 Å². The van der Waals surface area contributed by atoms with Crippen LogP contribution < -0.4 is 0 Å². The number of rotatable bonds is 4. The lowest BCUT2D eigenvalue weighted by Crippen LogP contribution is -2.50. The molecule has 0 atom stereocenters. The van der Waals surface area contributed by atoms with Gasteiger partial charge in [-0.1, -0.05) is 30.3 Å². The summed E-state index contributed by atoms with van der Waals surface area (Å²) in [6.45, 7) is 2.88. The highest BCUT2D eigenvalue weighted by Gasteiger charge is 2.31. The van der Waals surface area contributed by atoms with Crippen LogP contribution in [0.5, 0.6) is 0 Å². The van der Waals surface area contributed by atoms with Gasteiger partial charge in [0.25, 0.3) is 5.91 Å². The number of hydrogen-bond donors (Lipinski definition) is 0. The molecular formula is C25H22F4N2O. The molecule has 1 saturated heterocycles. The van der Waals surface area contributed by atoms with Gasteiger partial charge in [-0.3, -0.25) is 9.69 Å². The van der Waals surface area contributed by atoms with E-state index >= 15 is 0 Å². The molecule has 3 nitrogen and oxygen atoms in total. The maximum absolute atomic E-state index is 14.4. The van der Waals surface area contributed by atoms with E-state index in [0.29, 0.717) is 13.1 Å². The first-order valence-corrected chi connectivity index (χ1v) is 10.3. The number of halogens is 4. The SMILES string of the molecule is Cc1ccc(F)c(C(=O)N2CCN(C(c3ccc(F)cc3)c3ccc(F)cc3)CC2)c1F. The number of aryl methyl sites for hydroxylation is 1. The first-order valence-electron chi connectivity index (χ1n) is 10.3. The Balaban J connectivity index is 1.56. The minimum atomic E-state index is -0.879. The summed E-state index contributed by atoms with van der Waals surface area (Å²) in [6, 6.07) is 14.3. The number of hydrogen-bond acceptors (Lipinski definition) is 2. The van der Waals surface area contributed by atoms with E-state index in [0.717, 1.165) is 17.2 Å². The molecule has 1 aliphatic rings. The lowest BCUT2D eigenvalue weighted by atomic mass is 9.96. The minimum absolute atomic E-state index is 0.209. The molecule has 0 N–H and O–H groups in total. The Kier molecular flexibility index (Phi) is 6.28. The fraction of sp³-hybridized carbons (Fsp3) is 0.240. The fourth-order valence-electron chi connectivity index (χ4n) is 4.10. The van der Waals surface area contributed by atoms with Gasteiger partial charge < -0.3 is 4.90 Å². The summed E-state index contributed by atoms with van der Waals surface area (Å²) in [7, 11) is 0. The van der Waals surface area contributed by atoms with Crippen LogP contribution in [-0.4, -0.2) is 41.9 Å². The van der Waals surface area contributed by atoms with E-state index in [4.69, 9.17) is 0 Å². The number of piperazine rings is 1. The van der Waals surface area contributed by atoms with E-state index in [1.54, 1.807) is 24.3 Å². The van der Waals surface area contributed by atoms with Crippen LogP contribution in [0.4, 0.5) is 17.6 Å². The zero-order chi connectivity index (χ0) is 22.8. The summed E-state index contributed by atoms with van der Waals surface area (Å²) in [6.07, 6.45) is 0. The third kappa shape index (κ3) is 4.39. The quantitative estimate of drug-likeness (QED) is 0.525. The van der Waals surface area contributed by atoms with Crippen LogP contribution in [0.15, 0.2) is 60.7 Å². The average molecular weight is 442 g/mol. The monoisotopic (exact) mass is 442 g/mol. The topological polar surface area (TPSA) is 23.6 Å². The molecule has 0 radical (unpaired) electrons. The van der Waals surface area contributed by atoms with Crippen molar-refractivity contribution in [3.05, 3.63) is 106 Å². The molecule has 4 rings (SSSR count). The van der Waals surface area contributed by atoms with Crippen molar-refractivity contribution in [1.29, 1.82) is 0 Å². The van der Waals surface area contributed by atoms with Crippen LogP contribution in [-0.2, 0) is 0 Å². The lowest BCUT2D eigenvalue weighted by Gasteiger charge is -2.40. The molecule has 0 bridgehead atoms. The molecule has 1 aliphatic heterocycles. The standard InChI is InChI=1S/C25H22F4N2O/c1-16-2-11-21(28)22(23(16)29)25(32)31-14-12-30(13-15-31)24(17-3-7-19(26)8-4-17)18-5-9-20(27)10-6-18/h2-11,24H,12-15H2,1H3. The maximum Gasteiger partial charge on any atom is 0.259 e. The van der Waals surface area contributed by atoms with Gasteiger partial charge >= 0.3 is 0 Å². The Morgan fingerprint density at radius 1 is 0.750 bits per heavy atom. The average Bonchev–Trinajstić information content (AvgIpc) is 2.80. The van der Waals surface area contributed by atoms with Crippen molar-refractivity contribution in [1.82, 2.24) is 9.80 Å². The van der Waals surface area contributed by atoms with Crippen LogP contribution >= 0.6 is 0 Å². The van der Waals surface area contributed by atoms with E-state index < -0.39 is 23.1 Å². The Morgan fingerprint density at radius 3 is 1.75 bits per heavy atom. The molecule has 1 amide bonds. The van der Waals surface area contributed by atoms with Gasteiger partial charge in [0, 0.05) is 26.2 Å². The Labute approximate surface area is 183 Å². The summed E-state index contributed by atoms with van der Waals surface area (Å²) in [5, 5.41) is 0. The summed E-state index contributed by atoms with van der Waals surface area (Å²) < 4.78 is 55.6. The Hall–Kier alpha value is -3.19. The van der Waals surface area contributed by atoms with E-state index in [9.17, 15) is 22.4 Å². The molecule has 0 aromatic heterocycles. The highest BCUT2D eigenvalue weighted by molar-refractivity contribution is 5.95. The Morgan fingerprint density at radius 2 is 1.25 bits per heavy atom.